The van der Waals surface area contributed by atoms with Crippen LogP contribution in [0.25, 0.3) is 0 Å². The van der Waals surface area contributed by atoms with Gasteiger partial charge in [0.05, 0.1) is 12.7 Å². The largest absolute Gasteiger partial charge is 0.496 e. The molecular formula is C13H20O2. The minimum Gasteiger partial charge on any atom is -0.496 e. The molecule has 0 fully saturated rings. The highest BCUT2D eigenvalue weighted by Crippen LogP contribution is 2.22. The molecule has 1 N–H and O–H groups in total. The lowest BCUT2D eigenvalue weighted by Gasteiger charge is -2.18. The van der Waals surface area contributed by atoms with Crippen LogP contribution < -0.4 is 4.74 Å². The molecule has 0 amide bonds. The zero-order chi connectivity index (χ0) is 11.5. The molecule has 1 aromatic rings. The Hall–Kier alpha value is -1.02. The number of aryl methyl sites for hydroxylation is 1. The summed E-state index contributed by atoms with van der Waals surface area (Å²) in [5.74, 6) is 0.928. The van der Waals surface area contributed by atoms with Crippen molar-refractivity contribution < 1.29 is 9.84 Å². The first-order chi connectivity index (χ1) is 6.96. The van der Waals surface area contributed by atoms with Crippen LogP contribution in [-0.4, -0.2) is 17.8 Å². The van der Waals surface area contributed by atoms with E-state index in [0.717, 1.165) is 17.7 Å². The molecule has 0 aliphatic heterocycles. The smallest absolute Gasteiger partial charge is 0.122 e. The van der Waals surface area contributed by atoms with Crippen molar-refractivity contribution in [2.75, 3.05) is 7.11 Å². The number of ether oxygens (including phenoxy) is 1. The van der Waals surface area contributed by atoms with Gasteiger partial charge in [-0.05, 0) is 37.5 Å². The van der Waals surface area contributed by atoms with Crippen molar-refractivity contribution >= 4 is 0 Å². The third-order valence-corrected chi connectivity index (χ3v) is 2.36. The Bertz CT molecular complexity index is 324. The highest BCUT2D eigenvalue weighted by Gasteiger charge is 2.14. The summed E-state index contributed by atoms with van der Waals surface area (Å²) in [6.45, 7) is 5.75. The molecule has 0 atom stereocenters. The van der Waals surface area contributed by atoms with E-state index in [1.807, 2.05) is 26.0 Å². The molecule has 1 rings (SSSR count). The Kier molecular flexibility index (Phi) is 3.75. The fourth-order valence-corrected chi connectivity index (χ4v) is 1.72. The summed E-state index contributed by atoms with van der Waals surface area (Å²) in [6.07, 6.45) is 1.62. The normalized spacial score (nSPS) is 11.5. The van der Waals surface area contributed by atoms with E-state index in [1.54, 1.807) is 7.11 Å². The minimum absolute atomic E-state index is 0.653. The van der Waals surface area contributed by atoms with Crippen molar-refractivity contribution in [1.29, 1.82) is 0 Å². The number of rotatable bonds is 4. The molecule has 0 aliphatic carbocycles. The quantitative estimate of drug-likeness (QED) is 0.824. The van der Waals surface area contributed by atoms with Crippen LogP contribution in [0.3, 0.4) is 0 Å². The SMILES string of the molecule is CCc1cc(CC(C)(C)O)ccc1OC. The van der Waals surface area contributed by atoms with Crippen molar-refractivity contribution in [1.82, 2.24) is 0 Å². The van der Waals surface area contributed by atoms with E-state index in [2.05, 4.69) is 13.0 Å². The fraction of sp³-hybridized carbons (Fsp3) is 0.538. The molecule has 0 saturated carbocycles. The predicted octanol–water partition coefficient (Wildman–Crippen LogP) is 2.57. The van der Waals surface area contributed by atoms with Crippen molar-refractivity contribution in [2.45, 2.75) is 39.2 Å². The summed E-state index contributed by atoms with van der Waals surface area (Å²) < 4.78 is 5.26. The second kappa shape index (κ2) is 4.67. The Balaban J connectivity index is 2.93. The lowest BCUT2D eigenvalue weighted by atomic mass is 9.96. The molecular weight excluding hydrogens is 188 g/mol. The summed E-state index contributed by atoms with van der Waals surface area (Å²) in [5.41, 5.74) is 1.69. The molecule has 0 bridgehead atoms. The molecule has 0 saturated heterocycles. The van der Waals surface area contributed by atoms with Crippen molar-refractivity contribution in [2.24, 2.45) is 0 Å². The zero-order valence-corrected chi connectivity index (χ0v) is 10.0. The summed E-state index contributed by atoms with van der Waals surface area (Å²) in [6, 6.07) is 6.09. The van der Waals surface area contributed by atoms with Crippen LogP contribution in [0.5, 0.6) is 5.75 Å². The van der Waals surface area contributed by atoms with Crippen LogP contribution in [0.15, 0.2) is 18.2 Å². The van der Waals surface area contributed by atoms with Crippen LogP contribution >= 0.6 is 0 Å². The van der Waals surface area contributed by atoms with Gasteiger partial charge in [-0.2, -0.15) is 0 Å². The molecule has 2 nitrogen and oxygen atoms in total. The molecule has 0 aliphatic rings. The van der Waals surface area contributed by atoms with Crippen molar-refractivity contribution in [3.8, 4) is 5.75 Å². The highest BCUT2D eigenvalue weighted by molar-refractivity contribution is 5.37. The van der Waals surface area contributed by atoms with Gasteiger partial charge < -0.3 is 9.84 Å². The predicted molar refractivity (Wildman–Crippen MR) is 62.4 cm³/mol. The van der Waals surface area contributed by atoms with E-state index in [9.17, 15) is 5.11 Å². The third kappa shape index (κ3) is 3.56. The standard InChI is InChI=1S/C13H20O2/c1-5-11-8-10(9-13(2,3)14)6-7-12(11)15-4/h6-8,14H,5,9H2,1-4H3. The van der Waals surface area contributed by atoms with Crippen LogP contribution in [0, 0.1) is 0 Å². The van der Waals surface area contributed by atoms with Crippen molar-refractivity contribution in [3.05, 3.63) is 29.3 Å². The Morgan fingerprint density at radius 1 is 1.33 bits per heavy atom. The molecule has 0 spiro atoms. The first kappa shape index (κ1) is 12.1. The summed E-state index contributed by atoms with van der Waals surface area (Å²) >= 11 is 0. The van der Waals surface area contributed by atoms with Gasteiger partial charge in [-0.3, -0.25) is 0 Å². The van der Waals surface area contributed by atoms with Gasteiger partial charge in [0.2, 0.25) is 0 Å². The van der Waals surface area contributed by atoms with Gasteiger partial charge in [-0.25, -0.2) is 0 Å². The summed E-state index contributed by atoms with van der Waals surface area (Å²) in [5, 5.41) is 9.73. The van der Waals surface area contributed by atoms with E-state index in [4.69, 9.17) is 4.74 Å². The fourth-order valence-electron chi connectivity index (χ4n) is 1.72. The summed E-state index contributed by atoms with van der Waals surface area (Å²) in [4.78, 5) is 0. The van der Waals surface area contributed by atoms with Crippen molar-refractivity contribution in [3.63, 3.8) is 0 Å². The van der Waals surface area contributed by atoms with Gasteiger partial charge >= 0.3 is 0 Å². The topological polar surface area (TPSA) is 29.5 Å². The Labute approximate surface area is 91.9 Å². The maximum absolute atomic E-state index is 9.73. The number of hydrogen-bond donors (Lipinski definition) is 1. The monoisotopic (exact) mass is 208 g/mol. The van der Waals surface area contributed by atoms with Crippen LogP contribution in [0.1, 0.15) is 31.9 Å². The van der Waals surface area contributed by atoms with Gasteiger partial charge in [-0.1, -0.05) is 19.1 Å². The van der Waals surface area contributed by atoms with Gasteiger partial charge in [0.25, 0.3) is 0 Å². The van der Waals surface area contributed by atoms with Crippen LogP contribution in [0.2, 0.25) is 0 Å². The molecule has 0 heterocycles. The van der Waals surface area contributed by atoms with Gasteiger partial charge in [0, 0.05) is 6.42 Å². The van der Waals surface area contributed by atoms with Gasteiger partial charge in [-0.15, -0.1) is 0 Å². The van der Waals surface area contributed by atoms with E-state index in [1.165, 1.54) is 5.56 Å². The average Bonchev–Trinajstić information content (AvgIpc) is 2.15. The molecule has 0 aromatic heterocycles. The maximum Gasteiger partial charge on any atom is 0.122 e. The minimum atomic E-state index is -0.653. The zero-order valence-electron chi connectivity index (χ0n) is 10.0. The first-order valence-electron chi connectivity index (χ1n) is 5.34. The van der Waals surface area contributed by atoms with E-state index in [0.29, 0.717) is 6.42 Å². The molecule has 2 heteroatoms. The first-order valence-corrected chi connectivity index (χ1v) is 5.34. The molecule has 0 radical (unpaired) electrons. The molecule has 84 valence electrons. The highest BCUT2D eigenvalue weighted by atomic mass is 16.5. The summed E-state index contributed by atoms with van der Waals surface area (Å²) in [7, 11) is 1.68. The van der Waals surface area contributed by atoms with Gasteiger partial charge in [0.15, 0.2) is 0 Å². The lowest BCUT2D eigenvalue weighted by molar-refractivity contribution is 0.0810. The second-order valence-corrected chi connectivity index (χ2v) is 4.49. The van der Waals surface area contributed by atoms with Gasteiger partial charge in [0.1, 0.15) is 5.75 Å². The van der Waals surface area contributed by atoms with Crippen LogP contribution in [0.4, 0.5) is 0 Å². The molecule has 1 aromatic carbocycles. The van der Waals surface area contributed by atoms with Crippen LogP contribution in [-0.2, 0) is 12.8 Å². The Morgan fingerprint density at radius 3 is 2.47 bits per heavy atom. The maximum atomic E-state index is 9.73. The third-order valence-electron chi connectivity index (χ3n) is 2.36. The number of benzene rings is 1. The number of hydrogen-bond acceptors (Lipinski definition) is 2. The Morgan fingerprint density at radius 2 is 2.00 bits per heavy atom. The number of aliphatic hydroxyl groups is 1. The molecule has 15 heavy (non-hydrogen) atoms. The van der Waals surface area contributed by atoms with E-state index < -0.39 is 5.60 Å². The van der Waals surface area contributed by atoms with E-state index >= 15 is 0 Å². The lowest BCUT2D eigenvalue weighted by Crippen LogP contribution is -2.21. The number of methoxy groups -OCH3 is 1. The second-order valence-electron chi connectivity index (χ2n) is 4.49. The van der Waals surface area contributed by atoms with E-state index in [-0.39, 0.29) is 0 Å². The molecule has 0 unspecified atom stereocenters. The average molecular weight is 208 g/mol.